The standard InChI is InChI=1S/C18H23N3O10/c1-18(2,3)29-17(28)19-10(16(27)31-21-13(24)7-8-14(21)25)4-9-15(26)30-20-11(22)5-6-12(20)23/h10H,4-9H2,1-3H3,(H,19,28)/t10-/m1/s1. The van der Waals surface area contributed by atoms with Crippen LogP contribution in [0.1, 0.15) is 59.3 Å². The van der Waals surface area contributed by atoms with Gasteiger partial charge >= 0.3 is 18.0 Å². The van der Waals surface area contributed by atoms with Gasteiger partial charge in [-0.15, -0.1) is 10.1 Å². The molecule has 13 nitrogen and oxygen atoms in total. The maximum absolute atomic E-state index is 12.4. The summed E-state index contributed by atoms with van der Waals surface area (Å²) >= 11 is 0. The van der Waals surface area contributed by atoms with E-state index in [4.69, 9.17) is 14.4 Å². The van der Waals surface area contributed by atoms with Gasteiger partial charge in [-0.1, -0.05) is 0 Å². The van der Waals surface area contributed by atoms with Crippen LogP contribution in [0.25, 0.3) is 0 Å². The number of imide groups is 2. The summed E-state index contributed by atoms with van der Waals surface area (Å²) in [6.45, 7) is 4.76. The van der Waals surface area contributed by atoms with E-state index >= 15 is 0 Å². The Balaban J connectivity index is 2.01. The van der Waals surface area contributed by atoms with Gasteiger partial charge in [-0.2, -0.15) is 0 Å². The molecule has 2 fully saturated rings. The van der Waals surface area contributed by atoms with Crippen molar-refractivity contribution >= 4 is 41.7 Å². The maximum atomic E-state index is 12.4. The Hall–Kier alpha value is -3.51. The number of hydrogen-bond donors (Lipinski definition) is 1. The number of nitrogens with zero attached hydrogens (tertiary/aromatic N) is 2. The molecule has 5 amide bonds. The van der Waals surface area contributed by atoms with Crippen LogP contribution in [0.2, 0.25) is 0 Å². The molecule has 0 spiro atoms. The van der Waals surface area contributed by atoms with Crippen molar-refractivity contribution in [1.29, 1.82) is 0 Å². The number of hydroxylamine groups is 4. The lowest BCUT2D eigenvalue weighted by atomic mass is 10.1. The van der Waals surface area contributed by atoms with Crippen LogP contribution in [0.15, 0.2) is 0 Å². The molecule has 0 radical (unpaired) electrons. The third-order valence-electron chi connectivity index (χ3n) is 4.00. The van der Waals surface area contributed by atoms with Crippen molar-refractivity contribution in [3.8, 4) is 0 Å². The topological polar surface area (TPSA) is 166 Å². The summed E-state index contributed by atoms with van der Waals surface area (Å²) in [7, 11) is 0. The fourth-order valence-corrected chi connectivity index (χ4v) is 2.58. The van der Waals surface area contributed by atoms with Crippen LogP contribution in [0.5, 0.6) is 0 Å². The number of hydrogen-bond acceptors (Lipinski definition) is 10. The normalized spacial score (nSPS) is 17.6. The molecule has 0 bridgehead atoms. The summed E-state index contributed by atoms with van der Waals surface area (Å²) in [5.41, 5.74) is -0.894. The fraction of sp³-hybridized carbons (Fsp3) is 0.611. The molecule has 0 aromatic rings. The average molecular weight is 441 g/mol. The van der Waals surface area contributed by atoms with Crippen molar-refractivity contribution in [2.75, 3.05) is 0 Å². The number of carbonyl (C=O) groups is 7. The molecule has 0 aliphatic carbocycles. The number of alkyl carbamates (subject to hydrolysis) is 1. The minimum Gasteiger partial charge on any atom is -0.444 e. The minimum absolute atomic E-state index is 0.0842. The number of amides is 5. The summed E-state index contributed by atoms with van der Waals surface area (Å²) < 4.78 is 5.05. The Labute approximate surface area is 176 Å². The summed E-state index contributed by atoms with van der Waals surface area (Å²) in [6, 6.07) is -1.49. The molecule has 1 atom stereocenters. The zero-order valence-corrected chi connectivity index (χ0v) is 17.3. The molecule has 2 aliphatic heterocycles. The van der Waals surface area contributed by atoms with Crippen molar-refractivity contribution in [2.45, 2.75) is 70.9 Å². The van der Waals surface area contributed by atoms with Crippen LogP contribution < -0.4 is 5.32 Å². The van der Waals surface area contributed by atoms with Gasteiger partial charge < -0.3 is 19.7 Å². The van der Waals surface area contributed by atoms with Crippen LogP contribution in [0.3, 0.4) is 0 Å². The summed E-state index contributed by atoms with van der Waals surface area (Å²) in [5, 5.41) is 2.85. The highest BCUT2D eigenvalue weighted by Crippen LogP contribution is 2.16. The molecule has 2 heterocycles. The van der Waals surface area contributed by atoms with Crippen molar-refractivity contribution in [1.82, 2.24) is 15.4 Å². The van der Waals surface area contributed by atoms with Crippen molar-refractivity contribution < 1.29 is 48.0 Å². The fourth-order valence-electron chi connectivity index (χ4n) is 2.58. The van der Waals surface area contributed by atoms with E-state index in [2.05, 4.69) is 5.32 Å². The summed E-state index contributed by atoms with van der Waals surface area (Å²) in [5.74, 6) is -4.99. The Morgan fingerprint density at radius 2 is 1.32 bits per heavy atom. The molecular formula is C18H23N3O10. The maximum Gasteiger partial charge on any atom is 0.408 e. The lowest BCUT2D eigenvalue weighted by molar-refractivity contribution is -0.200. The van der Waals surface area contributed by atoms with Gasteiger partial charge in [0.25, 0.3) is 23.6 Å². The smallest absolute Gasteiger partial charge is 0.408 e. The van der Waals surface area contributed by atoms with Gasteiger partial charge in [0.05, 0.1) is 6.42 Å². The first kappa shape index (κ1) is 23.8. The minimum atomic E-state index is -1.49. The third kappa shape index (κ3) is 6.76. The molecular weight excluding hydrogens is 418 g/mol. The van der Waals surface area contributed by atoms with E-state index in [1.165, 1.54) is 0 Å². The Morgan fingerprint density at radius 1 is 0.871 bits per heavy atom. The highest BCUT2D eigenvalue weighted by atomic mass is 16.7. The first-order chi connectivity index (χ1) is 14.4. The van der Waals surface area contributed by atoms with Crippen molar-refractivity contribution in [3.63, 3.8) is 0 Å². The Kier molecular flexibility index (Phi) is 7.31. The van der Waals surface area contributed by atoms with E-state index in [1.807, 2.05) is 0 Å². The molecule has 170 valence electrons. The molecule has 2 saturated heterocycles. The SMILES string of the molecule is CC(C)(C)OC(=O)N[C@H](CCC(=O)ON1C(=O)CCC1=O)C(=O)ON1C(=O)CCC1=O. The van der Waals surface area contributed by atoms with Gasteiger partial charge in [0.15, 0.2) is 0 Å². The number of carbonyl (C=O) groups excluding carboxylic acids is 7. The first-order valence-electron chi connectivity index (χ1n) is 9.51. The quantitative estimate of drug-likeness (QED) is 0.526. The van der Waals surface area contributed by atoms with Crippen LogP contribution >= 0.6 is 0 Å². The predicted molar refractivity (Wildman–Crippen MR) is 96.7 cm³/mol. The lowest BCUT2D eigenvalue weighted by Crippen LogP contribution is -2.47. The number of ether oxygens (including phenoxy) is 1. The van der Waals surface area contributed by atoms with E-state index < -0.39 is 59.7 Å². The molecule has 2 aliphatic rings. The summed E-state index contributed by atoms with van der Waals surface area (Å²) in [4.78, 5) is 92.3. The zero-order valence-electron chi connectivity index (χ0n) is 17.3. The van der Waals surface area contributed by atoms with E-state index in [0.29, 0.717) is 10.1 Å². The molecule has 31 heavy (non-hydrogen) atoms. The largest absolute Gasteiger partial charge is 0.444 e. The Morgan fingerprint density at radius 3 is 1.77 bits per heavy atom. The number of rotatable bonds is 7. The van der Waals surface area contributed by atoms with Gasteiger partial charge in [0.1, 0.15) is 11.6 Å². The highest BCUT2D eigenvalue weighted by molar-refractivity contribution is 6.02. The van der Waals surface area contributed by atoms with Gasteiger partial charge in [0, 0.05) is 25.7 Å². The Bertz CT molecular complexity index is 784. The monoisotopic (exact) mass is 441 g/mol. The van der Waals surface area contributed by atoms with E-state index in [0.717, 1.165) is 0 Å². The van der Waals surface area contributed by atoms with Gasteiger partial charge in [0.2, 0.25) is 0 Å². The van der Waals surface area contributed by atoms with Crippen molar-refractivity contribution in [3.05, 3.63) is 0 Å². The van der Waals surface area contributed by atoms with Gasteiger partial charge in [-0.3, -0.25) is 19.2 Å². The van der Waals surface area contributed by atoms with E-state index in [9.17, 15) is 33.6 Å². The van der Waals surface area contributed by atoms with E-state index in [1.54, 1.807) is 20.8 Å². The lowest BCUT2D eigenvalue weighted by Gasteiger charge is -2.23. The average Bonchev–Trinajstić information content (AvgIpc) is 3.13. The van der Waals surface area contributed by atoms with Crippen molar-refractivity contribution in [2.24, 2.45) is 0 Å². The second-order valence-corrected chi connectivity index (χ2v) is 7.77. The third-order valence-corrected chi connectivity index (χ3v) is 4.00. The second-order valence-electron chi connectivity index (χ2n) is 7.77. The van der Waals surface area contributed by atoms with Gasteiger partial charge in [-0.05, 0) is 27.2 Å². The number of nitrogens with one attached hydrogen (secondary N) is 1. The molecule has 2 rings (SSSR count). The second kappa shape index (κ2) is 9.53. The molecule has 1 N–H and O–H groups in total. The van der Waals surface area contributed by atoms with Gasteiger partial charge in [-0.25, -0.2) is 14.4 Å². The summed E-state index contributed by atoms with van der Waals surface area (Å²) in [6.07, 6.45) is -2.32. The molecule has 0 aromatic carbocycles. The van der Waals surface area contributed by atoms with Crippen LogP contribution in [-0.2, 0) is 43.2 Å². The van der Waals surface area contributed by atoms with Crippen LogP contribution in [-0.4, -0.2) is 63.4 Å². The molecule has 0 saturated carbocycles. The van der Waals surface area contributed by atoms with Crippen LogP contribution in [0.4, 0.5) is 4.79 Å². The van der Waals surface area contributed by atoms with E-state index in [-0.39, 0.29) is 32.1 Å². The predicted octanol–water partition coefficient (Wildman–Crippen LogP) is -0.126. The first-order valence-corrected chi connectivity index (χ1v) is 9.51. The molecule has 0 aromatic heterocycles. The van der Waals surface area contributed by atoms with Crippen LogP contribution in [0, 0.1) is 0 Å². The zero-order chi connectivity index (χ0) is 23.3. The molecule has 13 heteroatoms. The molecule has 0 unspecified atom stereocenters. The highest BCUT2D eigenvalue weighted by Gasteiger charge is 2.37.